The lowest BCUT2D eigenvalue weighted by Gasteiger charge is -2.03. The van der Waals surface area contributed by atoms with Crippen molar-refractivity contribution in [2.45, 2.75) is 6.92 Å². The highest BCUT2D eigenvalue weighted by molar-refractivity contribution is 5.73. The standard InChI is InChI=1S/C12H8F2N2O/c1-7-2-11(6-17)16-12(15-7)8-3-9(13)5-10(14)4-8/h2-6H,1H3. The number of hydrogen-bond acceptors (Lipinski definition) is 3. The molecule has 0 aliphatic rings. The van der Waals surface area contributed by atoms with Crippen LogP contribution in [0.15, 0.2) is 24.3 Å². The van der Waals surface area contributed by atoms with Crippen molar-refractivity contribution in [1.82, 2.24) is 9.97 Å². The van der Waals surface area contributed by atoms with Gasteiger partial charge in [0, 0.05) is 17.3 Å². The van der Waals surface area contributed by atoms with Crippen molar-refractivity contribution < 1.29 is 13.6 Å². The third-order valence-electron chi connectivity index (χ3n) is 2.12. The fourth-order valence-corrected chi connectivity index (χ4v) is 1.47. The van der Waals surface area contributed by atoms with E-state index in [-0.39, 0.29) is 17.1 Å². The van der Waals surface area contributed by atoms with Gasteiger partial charge < -0.3 is 0 Å². The van der Waals surface area contributed by atoms with Crippen molar-refractivity contribution in [3.05, 3.63) is 47.3 Å². The van der Waals surface area contributed by atoms with E-state index in [9.17, 15) is 13.6 Å². The minimum atomic E-state index is -0.710. The second kappa shape index (κ2) is 4.37. The van der Waals surface area contributed by atoms with Crippen LogP contribution in [-0.4, -0.2) is 16.3 Å². The van der Waals surface area contributed by atoms with Gasteiger partial charge in [-0.15, -0.1) is 0 Å². The molecule has 0 N–H and O–H groups in total. The zero-order chi connectivity index (χ0) is 12.4. The van der Waals surface area contributed by atoms with E-state index in [1.807, 2.05) is 0 Å². The lowest BCUT2D eigenvalue weighted by molar-refractivity contribution is 0.111. The Morgan fingerprint density at radius 3 is 2.29 bits per heavy atom. The van der Waals surface area contributed by atoms with Gasteiger partial charge in [0.2, 0.25) is 0 Å². The maximum atomic E-state index is 13.0. The van der Waals surface area contributed by atoms with Crippen LogP contribution in [0.3, 0.4) is 0 Å². The molecule has 0 aliphatic carbocycles. The molecule has 2 rings (SSSR count). The Bertz CT molecular complexity index is 564. The molecule has 1 aromatic heterocycles. The molecule has 0 spiro atoms. The molecule has 0 aliphatic heterocycles. The predicted octanol–water partition coefficient (Wildman–Crippen LogP) is 2.54. The molecule has 0 radical (unpaired) electrons. The Morgan fingerprint density at radius 2 is 1.71 bits per heavy atom. The Kier molecular flexibility index (Phi) is 2.91. The summed E-state index contributed by atoms with van der Waals surface area (Å²) in [7, 11) is 0. The Morgan fingerprint density at radius 1 is 1.06 bits per heavy atom. The summed E-state index contributed by atoms with van der Waals surface area (Å²) in [4.78, 5) is 18.6. The molecule has 0 saturated carbocycles. The first-order chi connectivity index (χ1) is 8.08. The van der Waals surface area contributed by atoms with Crippen LogP contribution in [0.25, 0.3) is 11.4 Å². The van der Waals surface area contributed by atoms with Gasteiger partial charge >= 0.3 is 0 Å². The largest absolute Gasteiger partial charge is 0.296 e. The van der Waals surface area contributed by atoms with E-state index in [1.54, 1.807) is 6.92 Å². The fraction of sp³-hybridized carbons (Fsp3) is 0.0833. The number of hydrogen-bond donors (Lipinski definition) is 0. The van der Waals surface area contributed by atoms with Crippen LogP contribution in [0, 0.1) is 18.6 Å². The lowest BCUT2D eigenvalue weighted by atomic mass is 10.2. The van der Waals surface area contributed by atoms with Gasteiger partial charge in [0.1, 0.15) is 17.3 Å². The SMILES string of the molecule is Cc1cc(C=O)nc(-c2cc(F)cc(F)c2)n1. The number of rotatable bonds is 2. The van der Waals surface area contributed by atoms with Crippen LogP contribution in [0.5, 0.6) is 0 Å². The van der Waals surface area contributed by atoms with Crippen LogP contribution in [-0.2, 0) is 0 Å². The first-order valence-electron chi connectivity index (χ1n) is 4.86. The molecule has 1 aromatic carbocycles. The minimum absolute atomic E-state index is 0.130. The fourth-order valence-electron chi connectivity index (χ4n) is 1.47. The zero-order valence-electron chi connectivity index (χ0n) is 8.95. The molecule has 86 valence electrons. The normalized spacial score (nSPS) is 10.3. The summed E-state index contributed by atoms with van der Waals surface area (Å²) >= 11 is 0. The van der Waals surface area contributed by atoms with Crippen LogP contribution >= 0.6 is 0 Å². The molecule has 0 amide bonds. The average Bonchev–Trinajstić information content (AvgIpc) is 2.26. The second-order valence-electron chi connectivity index (χ2n) is 3.53. The molecular formula is C12H8F2N2O. The molecule has 1 heterocycles. The smallest absolute Gasteiger partial charge is 0.168 e. The predicted molar refractivity (Wildman–Crippen MR) is 57.5 cm³/mol. The monoisotopic (exact) mass is 234 g/mol. The summed E-state index contributed by atoms with van der Waals surface area (Å²) in [5, 5.41) is 0. The minimum Gasteiger partial charge on any atom is -0.296 e. The van der Waals surface area contributed by atoms with Gasteiger partial charge in [-0.3, -0.25) is 4.79 Å². The number of aldehydes is 1. The van der Waals surface area contributed by atoms with Crippen molar-refractivity contribution in [2.75, 3.05) is 0 Å². The number of nitrogens with zero attached hydrogens (tertiary/aromatic N) is 2. The molecule has 0 saturated heterocycles. The number of halogens is 2. The van der Waals surface area contributed by atoms with E-state index in [1.165, 1.54) is 6.07 Å². The van der Waals surface area contributed by atoms with Gasteiger partial charge in [-0.2, -0.15) is 0 Å². The molecule has 3 nitrogen and oxygen atoms in total. The number of benzene rings is 1. The van der Waals surface area contributed by atoms with Gasteiger partial charge in [0.25, 0.3) is 0 Å². The van der Waals surface area contributed by atoms with Crippen molar-refractivity contribution in [3.8, 4) is 11.4 Å². The highest BCUT2D eigenvalue weighted by Crippen LogP contribution is 2.18. The van der Waals surface area contributed by atoms with Crippen LogP contribution in [0.2, 0.25) is 0 Å². The van der Waals surface area contributed by atoms with Gasteiger partial charge in [0.05, 0.1) is 0 Å². The Labute approximate surface area is 96.2 Å². The molecule has 5 heteroatoms. The maximum absolute atomic E-state index is 13.0. The van der Waals surface area contributed by atoms with Crippen molar-refractivity contribution in [2.24, 2.45) is 0 Å². The molecule has 0 unspecified atom stereocenters. The first kappa shape index (κ1) is 11.3. The van der Waals surface area contributed by atoms with E-state index in [0.717, 1.165) is 18.2 Å². The number of aromatic nitrogens is 2. The lowest BCUT2D eigenvalue weighted by Crippen LogP contribution is -1.97. The highest BCUT2D eigenvalue weighted by Gasteiger charge is 2.07. The third kappa shape index (κ3) is 2.50. The summed E-state index contributed by atoms with van der Waals surface area (Å²) in [6, 6.07) is 4.49. The summed E-state index contributed by atoms with van der Waals surface area (Å²) in [5.74, 6) is -1.29. The van der Waals surface area contributed by atoms with Gasteiger partial charge in [0.15, 0.2) is 12.1 Å². The van der Waals surface area contributed by atoms with Crippen LogP contribution in [0.1, 0.15) is 16.2 Å². The first-order valence-corrected chi connectivity index (χ1v) is 4.86. The van der Waals surface area contributed by atoms with Crippen molar-refractivity contribution in [1.29, 1.82) is 0 Å². The van der Waals surface area contributed by atoms with E-state index in [4.69, 9.17) is 0 Å². The average molecular weight is 234 g/mol. The van der Waals surface area contributed by atoms with Crippen molar-refractivity contribution >= 4 is 6.29 Å². The van der Waals surface area contributed by atoms with Crippen LogP contribution in [0.4, 0.5) is 8.78 Å². The highest BCUT2D eigenvalue weighted by atomic mass is 19.1. The molecule has 0 fully saturated rings. The maximum Gasteiger partial charge on any atom is 0.168 e. The molecule has 0 bridgehead atoms. The summed E-state index contributed by atoms with van der Waals surface area (Å²) in [5.41, 5.74) is 0.938. The van der Waals surface area contributed by atoms with E-state index in [0.29, 0.717) is 12.0 Å². The van der Waals surface area contributed by atoms with Crippen LogP contribution < -0.4 is 0 Å². The Balaban J connectivity index is 2.59. The Hall–Kier alpha value is -2.17. The quantitative estimate of drug-likeness (QED) is 0.750. The number of carbonyl (C=O) groups excluding carboxylic acids is 1. The number of aryl methyl sites for hydroxylation is 1. The summed E-state index contributed by atoms with van der Waals surface area (Å²) in [6.45, 7) is 1.67. The topological polar surface area (TPSA) is 42.9 Å². The van der Waals surface area contributed by atoms with Gasteiger partial charge in [-0.05, 0) is 25.1 Å². The number of carbonyl (C=O) groups is 1. The van der Waals surface area contributed by atoms with E-state index >= 15 is 0 Å². The van der Waals surface area contributed by atoms with Gasteiger partial charge in [-0.1, -0.05) is 0 Å². The molecule has 17 heavy (non-hydrogen) atoms. The third-order valence-corrected chi connectivity index (χ3v) is 2.12. The molecule has 2 aromatic rings. The summed E-state index contributed by atoms with van der Waals surface area (Å²) < 4.78 is 26.1. The summed E-state index contributed by atoms with van der Waals surface area (Å²) in [6.07, 6.45) is 0.563. The van der Waals surface area contributed by atoms with Gasteiger partial charge in [-0.25, -0.2) is 18.7 Å². The van der Waals surface area contributed by atoms with E-state index in [2.05, 4.69) is 9.97 Å². The molecule has 0 atom stereocenters. The second-order valence-corrected chi connectivity index (χ2v) is 3.53. The zero-order valence-corrected chi connectivity index (χ0v) is 8.95. The van der Waals surface area contributed by atoms with E-state index < -0.39 is 11.6 Å². The molecular weight excluding hydrogens is 226 g/mol. The van der Waals surface area contributed by atoms with Crippen molar-refractivity contribution in [3.63, 3.8) is 0 Å².